The molecule has 2 amide bonds. The van der Waals surface area contributed by atoms with Crippen LogP contribution in [0.4, 0.5) is 0 Å². The number of nitrogens with one attached hydrogen (secondary N) is 1. The van der Waals surface area contributed by atoms with E-state index in [9.17, 15) is 19.6 Å². The predicted molar refractivity (Wildman–Crippen MR) is 96.9 cm³/mol. The maximum Gasteiger partial charge on any atom is 0.303 e. The summed E-state index contributed by atoms with van der Waals surface area (Å²) in [5.74, 6) is -1.24. The van der Waals surface area contributed by atoms with Crippen molar-refractivity contribution >= 4 is 17.8 Å². The molecule has 0 saturated carbocycles. The minimum absolute atomic E-state index is 0.160. The summed E-state index contributed by atoms with van der Waals surface area (Å²) in [5, 5.41) is 21.2. The number of rotatable bonds is 12. The zero-order valence-corrected chi connectivity index (χ0v) is 15.6. The first-order valence-electron chi connectivity index (χ1n) is 9.69. The van der Waals surface area contributed by atoms with Gasteiger partial charge in [0.15, 0.2) is 0 Å². The number of aliphatic carboxylic acids is 1. The Hall–Kier alpha value is -1.93. The fourth-order valence-electron chi connectivity index (χ4n) is 4.17. The topological polar surface area (TPSA) is 116 Å². The number of carboxylic acid groups (broad SMARTS) is 1. The van der Waals surface area contributed by atoms with Crippen LogP contribution >= 0.6 is 0 Å². The van der Waals surface area contributed by atoms with Crippen LogP contribution in [-0.2, 0) is 19.1 Å². The van der Waals surface area contributed by atoms with Gasteiger partial charge in [-0.1, -0.05) is 25.8 Å². The van der Waals surface area contributed by atoms with Crippen molar-refractivity contribution in [2.24, 2.45) is 11.8 Å². The molecule has 2 fully saturated rings. The minimum atomic E-state index is -0.747. The summed E-state index contributed by atoms with van der Waals surface area (Å²) >= 11 is 0. The predicted octanol–water partition coefficient (Wildman–Crippen LogP) is 1.73. The molecule has 4 unspecified atom stereocenters. The number of carboxylic acids is 1. The smallest absolute Gasteiger partial charge is 0.303 e. The van der Waals surface area contributed by atoms with Crippen molar-refractivity contribution < 1.29 is 29.4 Å². The molecule has 3 N–H and O–H groups in total. The Kier molecular flexibility index (Phi) is 8.24. The molecule has 2 heterocycles. The van der Waals surface area contributed by atoms with Gasteiger partial charge in [0.25, 0.3) is 5.91 Å². The molecule has 4 atom stereocenters. The van der Waals surface area contributed by atoms with Crippen LogP contribution in [0.3, 0.4) is 0 Å². The molecular weight excluding hydrogens is 352 g/mol. The number of carbonyl (C=O) groups excluding carboxylic acids is 2. The quantitative estimate of drug-likeness (QED) is 0.205. The van der Waals surface area contributed by atoms with Crippen molar-refractivity contribution in [1.82, 2.24) is 10.4 Å². The molecule has 2 aliphatic heterocycles. The molecule has 0 aromatic heterocycles. The van der Waals surface area contributed by atoms with Crippen molar-refractivity contribution in [3.63, 3.8) is 0 Å². The Morgan fingerprint density at radius 1 is 1.11 bits per heavy atom. The summed E-state index contributed by atoms with van der Waals surface area (Å²) in [6.07, 6.45) is 8.30. The summed E-state index contributed by atoms with van der Waals surface area (Å²) in [5.41, 5.74) is 0. The first-order valence-corrected chi connectivity index (χ1v) is 9.69. The second kappa shape index (κ2) is 10.4. The molecule has 0 aliphatic carbocycles. The number of hydrogen-bond acceptors (Lipinski definition) is 5. The van der Waals surface area contributed by atoms with E-state index in [1.165, 1.54) is 0 Å². The molecule has 8 nitrogen and oxygen atoms in total. The van der Waals surface area contributed by atoms with Crippen molar-refractivity contribution in [3.8, 4) is 0 Å². The van der Waals surface area contributed by atoms with Gasteiger partial charge in [-0.15, -0.1) is 0 Å². The van der Waals surface area contributed by atoms with Crippen molar-refractivity contribution in [3.05, 3.63) is 12.7 Å². The Bertz CT molecular complexity index is 552. The van der Waals surface area contributed by atoms with Gasteiger partial charge >= 0.3 is 5.97 Å². The zero-order valence-electron chi connectivity index (χ0n) is 15.6. The van der Waals surface area contributed by atoms with Gasteiger partial charge in [-0.05, 0) is 37.7 Å². The van der Waals surface area contributed by atoms with Crippen molar-refractivity contribution in [1.29, 1.82) is 0 Å². The molecule has 0 spiro atoms. The average Bonchev–Trinajstić information content (AvgIpc) is 3.23. The highest BCUT2D eigenvalue weighted by molar-refractivity contribution is 5.89. The van der Waals surface area contributed by atoms with Gasteiger partial charge in [-0.3, -0.25) is 19.6 Å². The zero-order chi connectivity index (χ0) is 19.8. The highest BCUT2D eigenvalue weighted by Crippen LogP contribution is 2.45. The van der Waals surface area contributed by atoms with Gasteiger partial charge in [0.05, 0.1) is 12.2 Å². The van der Waals surface area contributed by atoms with E-state index in [0.717, 1.165) is 44.6 Å². The van der Waals surface area contributed by atoms with Gasteiger partial charge in [-0.25, -0.2) is 5.06 Å². The number of hydroxylamine groups is 2. The number of ether oxygens (including phenoxy) is 1. The van der Waals surface area contributed by atoms with Gasteiger partial charge in [0, 0.05) is 18.9 Å². The molecule has 0 aromatic rings. The number of nitrogens with zero attached hydrogens (tertiary/aromatic N) is 1. The van der Waals surface area contributed by atoms with Crippen LogP contribution in [0.5, 0.6) is 0 Å². The minimum Gasteiger partial charge on any atom is -0.481 e. The number of fused-ring (bicyclic) bond motifs is 2. The molecule has 2 saturated heterocycles. The summed E-state index contributed by atoms with van der Waals surface area (Å²) in [4.78, 5) is 33.7. The maximum atomic E-state index is 11.9. The van der Waals surface area contributed by atoms with E-state index in [2.05, 4.69) is 11.9 Å². The van der Waals surface area contributed by atoms with Crippen LogP contribution in [0.25, 0.3) is 0 Å². The Morgan fingerprint density at radius 3 is 2.44 bits per heavy atom. The Labute approximate surface area is 159 Å². The number of amides is 2. The Morgan fingerprint density at radius 2 is 1.78 bits per heavy atom. The first-order chi connectivity index (χ1) is 12.9. The Balaban J connectivity index is 1.72. The normalized spacial score (nSPS) is 26.0. The lowest BCUT2D eigenvalue weighted by atomic mass is 9.76. The van der Waals surface area contributed by atoms with Crippen LogP contribution in [-0.4, -0.2) is 58.5 Å². The third-order valence-corrected chi connectivity index (χ3v) is 5.53. The second-order valence-electron chi connectivity index (χ2n) is 7.37. The number of unbranched alkanes of at least 4 members (excludes halogenated alkanes) is 3. The van der Waals surface area contributed by atoms with Gasteiger partial charge in [0.2, 0.25) is 5.91 Å². The fourth-order valence-corrected chi connectivity index (χ4v) is 4.17. The van der Waals surface area contributed by atoms with E-state index in [0.29, 0.717) is 23.9 Å². The monoisotopic (exact) mass is 382 g/mol. The third-order valence-electron chi connectivity index (χ3n) is 5.53. The maximum absolute atomic E-state index is 11.9. The molecule has 27 heavy (non-hydrogen) atoms. The van der Waals surface area contributed by atoms with Crippen LogP contribution in [0, 0.1) is 11.8 Å². The van der Waals surface area contributed by atoms with Gasteiger partial charge in [-0.2, -0.15) is 0 Å². The highest BCUT2D eigenvalue weighted by atomic mass is 16.5. The average molecular weight is 382 g/mol. The lowest BCUT2D eigenvalue weighted by molar-refractivity contribution is -0.163. The summed E-state index contributed by atoms with van der Waals surface area (Å²) in [6, 6.07) is 0. The molecule has 8 heteroatoms. The molecule has 152 valence electrons. The molecule has 2 rings (SSSR count). The number of hydrogen-bond donors (Lipinski definition) is 3. The van der Waals surface area contributed by atoms with Crippen molar-refractivity contribution in [2.75, 3.05) is 13.1 Å². The van der Waals surface area contributed by atoms with E-state index in [-0.39, 0.29) is 24.5 Å². The molecule has 0 radical (unpaired) electrons. The highest BCUT2D eigenvalue weighted by Gasteiger charge is 2.48. The summed E-state index contributed by atoms with van der Waals surface area (Å²) in [7, 11) is 0. The summed E-state index contributed by atoms with van der Waals surface area (Å²) in [6.45, 7) is 3.32. The van der Waals surface area contributed by atoms with Crippen molar-refractivity contribution in [2.45, 2.75) is 63.6 Å². The molecular formula is C19H30N2O6. The standard InChI is InChI=1S/C19H30N2O6/c1-2-18(23)21(26)12-17(22)20-11-14-13(15-9-10-16(14)27-15)7-5-3-4-6-8-19(24)25/h2,13-16,26H,1,3-12H2,(H,20,22)(H,24,25). The van der Waals surface area contributed by atoms with E-state index in [1.807, 2.05) is 0 Å². The van der Waals surface area contributed by atoms with E-state index in [1.54, 1.807) is 0 Å². The van der Waals surface area contributed by atoms with Crippen LogP contribution in [0.1, 0.15) is 51.4 Å². The van der Waals surface area contributed by atoms with E-state index >= 15 is 0 Å². The first kappa shape index (κ1) is 21.4. The molecule has 0 aromatic carbocycles. The van der Waals surface area contributed by atoms with E-state index < -0.39 is 24.3 Å². The van der Waals surface area contributed by atoms with Gasteiger partial charge < -0.3 is 15.2 Å². The third kappa shape index (κ3) is 6.32. The lowest BCUT2D eigenvalue weighted by Crippen LogP contribution is -2.42. The molecule has 2 bridgehead atoms. The fraction of sp³-hybridized carbons (Fsp3) is 0.737. The molecule has 2 aliphatic rings. The largest absolute Gasteiger partial charge is 0.481 e. The number of carbonyl (C=O) groups is 3. The lowest BCUT2D eigenvalue weighted by Gasteiger charge is -2.28. The SMILES string of the molecule is C=CC(=O)N(O)CC(=O)NCC1C2CCC(O2)C1CCCCCCC(=O)O. The van der Waals surface area contributed by atoms with E-state index in [4.69, 9.17) is 9.84 Å². The second-order valence-corrected chi connectivity index (χ2v) is 7.37. The van der Waals surface area contributed by atoms with Crippen LogP contribution in [0.15, 0.2) is 12.7 Å². The van der Waals surface area contributed by atoms with Gasteiger partial charge in [0.1, 0.15) is 6.54 Å². The van der Waals surface area contributed by atoms with Crippen LogP contribution < -0.4 is 5.32 Å². The van der Waals surface area contributed by atoms with Crippen LogP contribution in [0.2, 0.25) is 0 Å². The summed E-state index contributed by atoms with van der Waals surface area (Å²) < 4.78 is 6.02.